The maximum Gasteiger partial charge on any atom is 0.241 e. The first-order valence-corrected chi connectivity index (χ1v) is 9.15. The summed E-state index contributed by atoms with van der Waals surface area (Å²) in [5.74, 6) is 0. The molecule has 0 amide bonds. The van der Waals surface area contributed by atoms with Gasteiger partial charge in [0.15, 0.2) is 0 Å². The summed E-state index contributed by atoms with van der Waals surface area (Å²) in [6.07, 6.45) is 3.43. The molecule has 22 heavy (non-hydrogen) atoms. The summed E-state index contributed by atoms with van der Waals surface area (Å²) < 4.78 is 27.7. The third-order valence-electron chi connectivity index (χ3n) is 4.29. The van der Waals surface area contributed by atoms with Crippen LogP contribution in [0.15, 0.2) is 47.4 Å². The van der Waals surface area contributed by atoms with E-state index in [1.165, 1.54) is 17.5 Å². The highest BCUT2D eigenvalue weighted by Crippen LogP contribution is 2.26. The van der Waals surface area contributed by atoms with Gasteiger partial charge >= 0.3 is 0 Å². The highest BCUT2D eigenvalue weighted by Gasteiger charge is 2.19. The zero-order valence-electron chi connectivity index (χ0n) is 13.0. The van der Waals surface area contributed by atoms with E-state index in [-0.39, 0.29) is 6.04 Å². The Morgan fingerprint density at radius 3 is 2.41 bits per heavy atom. The van der Waals surface area contributed by atoms with E-state index >= 15 is 0 Å². The number of fused-ring (bicyclic) bond motifs is 1. The molecule has 0 saturated heterocycles. The van der Waals surface area contributed by atoms with Crippen LogP contribution in [0.3, 0.4) is 0 Å². The first-order valence-electron chi connectivity index (χ1n) is 7.66. The van der Waals surface area contributed by atoms with Crippen molar-refractivity contribution in [2.24, 2.45) is 0 Å². The molecule has 1 unspecified atom stereocenters. The molecule has 1 aliphatic rings. The Morgan fingerprint density at radius 2 is 1.68 bits per heavy atom. The third kappa shape index (κ3) is 3.08. The first-order chi connectivity index (χ1) is 10.5. The van der Waals surface area contributed by atoms with Crippen LogP contribution in [-0.4, -0.2) is 8.42 Å². The second kappa shape index (κ2) is 5.86. The standard InChI is InChI=1S/C18H21NO2S/c1-13-6-10-18(11-7-13)22(20,21)19-14(2)16-9-8-15-4-3-5-17(15)12-16/h6-12,14,19H,3-5H2,1-2H3. The second-order valence-corrected chi connectivity index (χ2v) is 7.75. The topological polar surface area (TPSA) is 46.2 Å². The number of aryl methyl sites for hydroxylation is 3. The fourth-order valence-corrected chi connectivity index (χ4v) is 4.18. The molecule has 0 bridgehead atoms. The maximum atomic E-state index is 12.4. The van der Waals surface area contributed by atoms with Crippen molar-refractivity contribution in [2.45, 2.75) is 44.0 Å². The van der Waals surface area contributed by atoms with E-state index in [2.05, 4.69) is 16.9 Å². The van der Waals surface area contributed by atoms with Crippen LogP contribution in [0, 0.1) is 6.92 Å². The van der Waals surface area contributed by atoms with E-state index in [1.807, 2.05) is 32.0 Å². The van der Waals surface area contributed by atoms with Gasteiger partial charge in [-0.15, -0.1) is 0 Å². The van der Waals surface area contributed by atoms with Gasteiger partial charge in [-0.25, -0.2) is 13.1 Å². The smallest absolute Gasteiger partial charge is 0.207 e. The molecule has 2 aromatic carbocycles. The van der Waals surface area contributed by atoms with Crippen LogP contribution in [0.25, 0.3) is 0 Å². The van der Waals surface area contributed by atoms with Crippen LogP contribution in [0.1, 0.15) is 41.6 Å². The van der Waals surface area contributed by atoms with Crippen molar-refractivity contribution < 1.29 is 8.42 Å². The molecule has 0 spiro atoms. The van der Waals surface area contributed by atoms with Crippen molar-refractivity contribution in [3.05, 3.63) is 64.7 Å². The van der Waals surface area contributed by atoms with Gasteiger partial charge < -0.3 is 0 Å². The minimum absolute atomic E-state index is 0.239. The normalized spacial score (nSPS) is 15.5. The lowest BCUT2D eigenvalue weighted by atomic mass is 10.0. The number of benzene rings is 2. The van der Waals surface area contributed by atoms with Gasteiger partial charge in [0, 0.05) is 6.04 Å². The molecule has 4 heteroatoms. The van der Waals surface area contributed by atoms with Gasteiger partial charge in [0.1, 0.15) is 0 Å². The van der Waals surface area contributed by atoms with Crippen molar-refractivity contribution in [1.82, 2.24) is 4.72 Å². The molecule has 0 saturated carbocycles. The summed E-state index contributed by atoms with van der Waals surface area (Å²) >= 11 is 0. The van der Waals surface area contributed by atoms with E-state index in [0.29, 0.717) is 4.90 Å². The van der Waals surface area contributed by atoms with Gasteiger partial charge in [-0.3, -0.25) is 0 Å². The summed E-state index contributed by atoms with van der Waals surface area (Å²) in [5, 5.41) is 0. The molecule has 1 aliphatic carbocycles. The summed E-state index contributed by atoms with van der Waals surface area (Å²) in [5.41, 5.74) is 4.83. The number of hydrogen-bond donors (Lipinski definition) is 1. The van der Waals surface area contributed by atoms with E-state index in [1.54, 1.807) is 12.1 Å². The van der Waals surface area contributed by atoms with Gasteiger partial charge in [0.25, 0.3) is 0 Å². The molecule has 0 radical (unpaired) electrons. The molecule has 116 valence electrons. The van der Waals surface area contributed by atoms with Crippen molar-refractivity contribution >= 4 is 10.0 Å². The number of rotatable bonds is 4. The molecule has 1 atom stereocenters. The van der Waals surface area contributed by atoms with Crippen LogP contribution < -0.4 is 4.72 Å². The molecular formula is C18H21NO2S. The van der Waals surface area contributed by atoms with Gasteiger partial charge in [0.2, 0.25) is 10.0 Å². The van der Waals surface area contributed by atoms with E-state index in [0.717, 1.165) is 24.0 Å². The van der Waals surface area contributed by atoms with Gasteiger partial charge in [0.05, 0.1) is 4.90 Å². The molecule has 0 aliphatic heterocycles. The van der Waals surface area contributed by atoms with Gasteiger partial charge in [-0.05, 0) is 61.9 Å². The van der Waals surface area contributed by atoms with Crippen LogP contribution in [0.4, 0.5) is 0 Å². The predicted molar refractivity (Wildman–Crippen MR) is 88.4 cm³/mol. The highest BCUT2D eigenvalue weighted by molar-refractivity contribution is 7.89. The van der Waals surface area contributed by atoms with Crippen molar-refractivity contribution in [3.63, 3.8) is 0 Å². The SMILES string of the molecule is Cc1ccc(S(=O)(=O)NC(C)c2ccc3c(c2)CCC3)cc1. The fourth-order valence-electron chi connectivity index (χ4n) is 2.95. The fraction of sp³-hybridized carbons (Fsp3) is 0.333. The molecular weight excluding hydrogens is 294 g/mol. The Bertz CT molecular complexity index is 779. The van der Waals surface area contributed by atoms with Gasteiger partial charge in [-0.2, -0.15) is 0 Å². The summed E-state index contributed by atoms with van der Waals surface area (Å²) in [6, 6.07) is 13.0. The van der Waals surface area contributed by atoms with E-state index in [4.69, 9.17) is 0 Å². The molecule has 0 heterocycles. The first kappa shape index (κ1) is 15.3. The number of nitrogens with one attached hydrogen (secondary N) is 1. The Kier molecular flexibility index (Phi) is 4.06. The second-order valence-electron chi connectivity index (χ2n) is 6.04. The quantitative estimate of drug-likeness (QED) is 0.938. The van der Waals surface area contributed by atoms with Crippen molar-refractivity contribution in [3.8, 4) is 0 Å². The summed E-state index contributed by atoms with van der Waals surface area (Å²) in [7, 11) is -3.49. The molecule has 3 rings (SSSR count). The number of sulfonamides is 1. The third-order valence-corrected chi connectivity index (χ3v) is 5.84. The molecule has 0 aromatic heterocycles. The average molecular weight is 315 g/mol. The Balaban J connectivity index is 1.81. The van der Waals surface area contributed by atoms with Crippen LogP contribution in [0.2, 0.25) is 0 Å². The zero-order chi connectivity index (χ0) is 15.7. The monoisotopic (exact) mass is 315 g/mol. The lowest BCUT2D eigenvalue weighted by molar-refractivity contribution is 0.567. The van der Waals surface area contributed by atoms with E-state index < -0.39 is 10.0 Å². The Morgan fingerprint density at radius 1 is 1.00 bits per heavy atom. The van der Waals surface area contributed by atoms with Crippen LogP contribution >= 0.6 is 0 Å². The molecule has 1 N–H and O–H groups in total. The Hall–Kier alpha value is -1.65. The minimum atomic E-state index is -3.49. The molecule has 3 nitrogen and oxygen atoms in total. The summed E-state index contributed by atoms with van der Waals surface area (Å²) in [6.45, 7) is 3.83. The van der Waals surface area contributed by atoms with Crippen LogP contribution in [-0.2, 0) is 22.9 Å². The zero-order valence-corrected chi connectivity index (χ0v) is 13.8. The molecule has 0 fully saturated rings. The molecule has 2 aromatic rings. The minimum Gasteiger partial charge on any atom is -0.207 e. The van der Waals surface area contributed by atoms with Gasteiger partial charge in [-0.1, -0.05) is 35.9 Å². The Labute approximate surface area is 132 Å². The highest BCUT2D eigenvalue weighted by atomic mass is 32.2. The lowest BCUT2D eigenvalue weighted by Crippen LogP contribution is -2.27. The van der Waals surface area contributed by atoms with Crippen molar-refractivity contribution in [2.75, 3.05) is 0 Å². The largest absolute Gasteiger partial charge is 0.241 e. The van der Waals surface area contributed by atoms with Crippen LogP contribution in [0.5, 0.6) is 0 Å². The predicted octanol–water partition coefficient (Wildman–Crippen LogP) is 3.52. The van der Waals surface area contributed by atoms with Crippen molar-refractivity contribution in [1.29, 1.82) is 0 Å². The lowest BCUT2D eigenvalue weighted by Gasteiger charge is -2.16. The number of hydrogen-bond acceptors (Lipinski definition) is 2. The average Bonchev–Trinajstić information content (AvgIpc) is 2.94. The maximum absolute atomic E-state index is 12.4. The van der Waals surface area contributed by atoms with E-state index in [9.17, 15) is 8.42 Å². The summed E-state index contributed by atoms with van der Waals surface area (Å²) in [4.78, 5) is 0.311.